The summed E-state index contributed by atoms with van der Waals surface area (Å²) in [6.45, 7) is -0.148. The van der Waals surface area contributed by atoms with Gasteiger partial charge in [0.25, 0.3) is 5.91 Å². The summed E-state index contributed by atoms with van der Waals surface area (Å²) in [7, 11) is 2.83. The second kappa shape index (κ2) is 6.08. The first kappa shape index (κ1) is 14.8. The summed E-state index contributed by atoms with van der Waals surface area (Å²) in [4.78, 5) is 22.5. The number of nitrogens with one attached hydrogen (secondary N) is 1. The summed E-state index contributed by atoms with van der Waals surface area (Å²) >= 11 is 11.6. The molecule has 0 radical (unpaired) electrons. The number of amides is 1. The highest BCUT2D eigenvalue weighted by molar-refractivity contribution is 6.41. The molecule has 1 aromatic heterocycles. The summed E-state index contributed by atoms with van der Waals surface area (Å²) < 4.78 is 6.09. The molecular weight excluding hydrogens is 283 g/mol. The number of methoxy groups -OCH3 is 1. The third kappa shape index (κ3) is 3.16. The van der Waals surface area contributed by atoms with Gasteiger partial charge >= 0.3 is 5.97 Å². The molecule has 1 unspecified atom stereocenters. The molecule has 0 saturated heterocycles. The molecule has 0 aliphatic carbocycles. The molecule has 0 saturated carbocycles. The lowest BCUT2D eigenvalue weighted by molar-refractivity contribution is -0.148. The van der Waals surface area contributed by atoms with Gasteiger partial charge in [0.1, 0.15) is 10.8 Å². The maximum absolute atomic E-state index is 11.8. The van der Waals surface area contributed by atoms with Gasteiger partial charge in [0, 0.05) is 14.2 Å². The molecule has 1 aromatic rings. The molecule has 0 aliphatic rings. The van der Waals surface area contributed by atoms with Crippen molar-refractivity contribution >= 4 is 35.1 Å². The van der Waals surface area contributed by atoms with Crippen LogP contribution in [0.2, 0.25) is 10.2 Å². The Morgan fingerprint density at radius 1 is 1.56 bits per heavy atom. The van der Waals surface area contributed by atoms with Crippen molar-refractivity contribution in [3.8, 4) is 0 Å². The van der Waals surface area contributed by atoms with E-state index in [2.05, 4.69) is 10.1 Å². The van der Waals surface area contributed by atoms with Crippen molar-refractivity contribution in [2.75, 3.05) is 13.7 Å². The number of carboxylic acids is 1. The molecule has 2 N–H and O–H groups in total. The summed E-state index contributed by atoms with van der Waals surface area (Å²) in [6, 6.07) is 1.40. The van der Waals surface area contributed by atoms with Crippen LogP contribution in [0.1, 0.15) is 10.5 Å². The van der Waals surface area contributed by atoms with Crippen LogP contribution >= 0.6 is 23.2 Å². The van der Waals surface area contributed by atoms with Gasteiger partial charge in [0.05, 0.1) is 11.6 Å². The predicted molar refractivity (Wildman–Crippen MR) is 66.2 cm³/mol. The Morgan fingerprint density at radius 3 is 2.56 bits per heavy atom. The van der Waals surface area contributed by atoms with Crippen molar-refractivity contribution in [2.45, 2.75) is 6.10 Å². The average Bonchev–Trinajstić information content (AvgIpc) is 2.57. The van der Waals surface area contributed by atoms with Crippen LogP contribution in [-0.4, -0.2) is 41.3 Å². The molecule has 0 aliphatic heterocycles. The monoisotopic (exact) mass is 294 g/mol. The number of aromatic nitrogens is 1. The number of hydrogen-bond acceptors (Lipinski definition) is 3. The Hall–Kier alpha value is -1.24. The number of hydrogen-bond donors (Lipinski definition) is 2. The van der Waals surface area contributed by atoms with E-state index >= 15 is 0 Å². The number of carbonyl (C=O) groups excluding carboxylic acids is 1. The lowest BCUT2D eigenvalue weighted by atomic mass is 10.3. The van der Waals surface area contributed by atoms with Gasteiger partial charge in [0.2, 0.25) is 0 Å². The van der Waals surface area contributed by atoms with Crippen LogP contribution in [0, 0.1) is 0 Å². The molecule has 1 rings (SSSR count). The van der Waals surface area contributed by atoms with E-state index in [0.29, 0.717) is 0 Å². The van der Waals surface area contributed by atoms with Crippen LogP contribution < -0.4 is 5.32 Å². The van der Waals surface area contributed by atoms with E-state index in [1.54, 1.807) is 7.05 Å². The molecule has 6 nitrogen and oxygen atoms in total. The largest absolute Gasteiger partial charge is 0.479 e. The highest BCUT2D eigenvalue weighted by Gasteiger charge is 2.20. The van der Waals surface area contributed by atoms with Gasteiger partial charge < -0.3 is 19.7 Å². The van der Waals surface area contributed by atoms with Crippen molar-refractivity contribution < 1.29 is 19.4 Å². The van der Waals surface area contributed by atoms with Gasteiger partial charge in [0.15, 0.2) is 6.10 Å². The van der Waals surface area contributed by atoms with Gasteiger partial charge in [-0.1, -0.05) is 23.2 Å². The van der Waals surface area contributed by atoms with Gasteiger partial charge in [-0.2, -0.15) is 0 Å². The molecule has 0 spiro atoms. The summed E-state index contributed by atoms with van der Waals surface area (Å²) in [5.74, 6) is -1.63. The number of carbonyl (C=O) groups is 2. The normalized spacial score (nSPS) is 12.2. The lowest BCUT2D eigenvalue weighted by Crippen LogP contribution is -2.38. The molecule has 1 amide bonds. The number of carboxylic acid groups (broad SMARTS) is 1. The van der Waals surface area contributed by atoms with E-state index in [1.807, 2.05) is 0 Å². The minimum Gasteiger partial charge on any atom is -0.479 e. The van der Waals surface area contributed by atoms with Crippen LogP contribution in [-0.2, 0) is 16.6 Å². The van der Waals surface area contributed by atoms with Crippen molar-refractivity contribution in [2.24, 2.45) is 7.05 Å². The first-order valence-electron chi connectivity index (χ1n) is 4.93. The minimum absolute atomic E-state index is 0.148. The molecule has 1 atom stereocenters. The molecule has 0 bridgehead atoms. The van der Waals surface area contributed by atoms with Crippen molar-refractivity contribution in [1.82, 2.24) is 9.88 Å². The van der Waals surface area contributed by atoms with Gasteiger partial charge in [-0.05, 0) is 6.07 Å². The number of rotatable bonds is 5. The average molecular weight is 295 g/mol. The first-order chi connectivity index (χ1) is 8.38. The highest BCUT2D eigenvalue weighted by Crippen LogP contribution is 2.24. The predicted octanol–water partition coefficient (Wildman–Crippen LogP) is 1.16. The zero-order chi connectivity index (χ0) is 13.9. The summed E-state index contributed by atoms with van der Waals surface area (Å²) in [5.41, 5.74) is 0.241. The Bertz CT molecular complexity index is 473. The molecular formula is C10H12Cl2N2O4. The smallest absolute Gasteiger partial charge is 0.334 e. The van der Waals surface area contributed by atoms with Crippen LogP contribution in [0.3, 0.4) is 0 Å². The van der Waals surface area contributed by atoms with E-state index < -0.39 is 18.0 Å². The van der Waals surface area contributed by atoms with E-state index in [4.69, 9.17) is 28.3 Å². The van der Waals surface area contributed by atoms with E-state index in [0.717, 1.165) is 0 Å². The molecule has 0 fully saturated rings. The second-order valence-electron chi connectivity index (χ2n) is 3.50. The fraction of sp³-hybridized carbons (Fsp3) is 0.400. The third-order valence-corrected chi connectivity index (χ3v) is 3.20. The van der Waals surface area contributed by atoms with Crippen molar-refractivity contribution in [1.29, 1.82) is 0 Å². The maximum atomic E-state index is 11.8. The van der Waals surface area contributed by atoms with Crippen molar-refractivity contribution in [3.63, 3.8) is 0 Å². The zero-order valence-electron chi connectivity index (χ0n) is 9.74. The maximum Gasteiger partial charge on any atom is 0.334 e. The molecule has 100 valence electrons. The molecule has 0 aromatic carbocycles. The molecule has 18 heavy (non-hydrogen) atoms. The van der Waals surface area contributed by atoms with Gasteiger partial charge in [-0.15, -0.1) is 0 Å². The summed E-state index contributed by atoms with van der Waals surface area (Å²) in [6.07, 6.45) is -1.10. The minimum atomic E-state index is -1.15. The van der Waals surface area contributed by atoms with Crippen LogP contribution in [0.25, 0.3) is 0 Å². The Morgan fingerprint density at radius 2 is 2.17 bits per heavy atom. The Balaban J connectivity index is 2.71. The Kier molecular flexibility index (Phi) is 5.01. The van der Waals surface area contributed by atoms with Crippen LogP contribution in [0.4, 0.5) is 0 Å². The number of nitrogens with zero attached hydrogens (tertiary/aromatic N) is 1. The Labute approximate surface area is 113 Å². The van der Waals surface area contributed by atoms with Crippen LogP contribution in [0.15, 0.2) is 6.07 Å². The van der Waals surface area contributed by atoms with Crippen LogP contribution in [0.5, 0.6) is 0 Å². The van der Waals surface area contributed by atoms with Gasteiger partial charge in [-0.25, -0.2) is 4.79 Å². The fourth-order valence-corrected chi connectivity index (χ4v) is 1.68. The third-order valence-electron chi connectivity index (χ3n) is 2.36. The topological polar surface area (TPSA) is 80.6 Å². The second-order valence-corrected chi connectivity index (χ2v) is 4.27. The van der Waals surface area contributed by atoms with E-state index in [9.17, 15) is 9.59 Å². The van der Waals surface area contributed by atoms with E-state index in [-0.39, 0.29) is 22.4 Å². The first-order valence-corrected chi connectivity index (χ1v) is 5.68. The number of aliphatic carboxylic acids is 1. The summed E-state index contributed by atoms with van der Waals surface area (Å²) in [5, 5.41) is 11.7. The zero-order valence-corrected chi connectivity index (χ0v) is 11.2. The van der Waals surface area contributed by atoms with Crippen molar-refractivity contribution in [3.05, 3.63) is 21.9 Å². The number of halogens is 2. The fourth-order valence-electron chi connectivity index (χ4n) is 1.31. The quantitative estimate of drug-likeness (QED) is 0.854. The highest BCUT2D eigenvalue weighted by atomic mass is 35.5. The van der Waals surface area contributed by atoms with Gasteiger partial charge in [-0.3, -0.25) is 4.79 Å². The molecule has 8 heteroatoms. The number of ether oxygens (including phenoxy) is 1. The van der Waals surface area contributed by atoms with E-state index in [1.165, 1.54) is 17.7 Å². The molecule has 1 heterocycles. The standard InChI is InChI=1S/C10H12Cl2N2O4/c1-14-6(3-5(11)8(14)12)9(15)13-4-7(18-2)10(16)17/h3,7H,4H2,1-2H3,(H,13,15)(H,16,17). The SMILES string of the molecule is COC(CNC(=O)c1cc(Cl)c(Cl)n1C)C(=O)O. The lowest BCUT2D eigenvalue weighted by Gasteiger charge is -2.11.